The number of nitrogens with zero attached hydrogens (tertiary/aromatic N) is 4. The van der Waals surface area contributed by atoms with E-state index in [1.807, 2.05) is 6.07 Å². The molecule has 1 unspecified atom stereocenters. The number of alkyl halides is 3. The maximum absolute atomic E-state index is 12.5. The molecule has 0 saturated carbocycles. The van der Waals surface area contributed by atoms with E-state index in [1.165, 1.54) is 6.07 Å². The lowest BCUT2D eigenvalue weighted by molar-refractivity contribution is -0.137. The van der Waals surface area contributed by atoms with Gasteiger partial charge in [0.1, 0.15) is 12.4 Å². The minimum absolute atomic E-state index is 0.131. The first-order valence-electron chi connectivity index (χ1n) is 9.35. The predicted molar refractivity (Wildman–Crippen MR) is 109 cm³/mol. The first kappa shape index (κ1) is 21.9. The molecule has 0 spiro atoms. The molecule has 1 atom stereocenters. The molecule has 0 aliphatic carbocycles. The number of nitrogens with one attached hydrogen (secondary N) is 2. The van der Waals surface area contributed by atoms with Gasteiger partial charge in [0.2, 0.25) is 5.88 Å². The first-order valence-corrected chi connectivity index (χ1v) is 9.73. The molecule has 1 saturated heterocycles. The molecule has 0 radical (unpaired) electrons. The van der Waals surface area contributed by atoms with Crippen LogP contribution in [-0.4, -0.2) is 55.3 Å². The fourth-order valence-corrected chi connectivity index (χ4v) is 3.27. The second-order valence-electron chi connectivity index (χ2n) is 6.62. The molecule has 1 fully saturated rings. The highest BCUT2D eigenvalue weighted by Crippen LogP contribution is 2.29. The van der Waals surface area contributed by atoms with Crippen LogP contribution < -0.4 is 20.3 Å². The van der Waals surface area contributed by atoms with Gasteiger partial charge in [0.15, 0.2) is 5.96 Å². The van der Waals surface area contributed by atoms with Crippen LogP contribution in [-0.2, 0) is 6.18 Å². The average molecular weight is 443 g/mol. The Morgan fingerprint density at radius 2 is 2.17 bits per heavy atom. The van der Waals surface area contributed by atoms with Gasteiger partial charge in [0.05, 0.1) is 17.1 Å². The third-order valence-electron chi connectivity index (χ3n) is 4.50. The van der Waals surface area contributed by atoms with E-state index in [0.717, 1.165) is 37.6 Å². The Labute approximate surface area is 177 Å². The Morgan fingerprint density at radius 3 is 2.83 bits per heavy atom. The summed E-state index contributed by atoms with van der Waals surface area (Å²) in [7, 11) is 1.66. The smallest absolute Gasteiger partial charge is 0.417 e. The second kappa shape index (κ2) is 9.84. The zero-order valence-corrected chi connectivity index (χ0v) is 17.0. The molecule has 2 N–H and O–H groups in total. The van der Waals surface area contributed by atoms with Gasteiger partial charge in [0, 0.05) is 44.6 Å². The molecule has 1 aliphatic rings. The monoisotopic (exact) mass is 442 g/mol. The highest BCUT2D eigenvalue weighted by molar-refractivity contribution is 6.32. The van der Waals surface area contributed by atoms with Gasteiger partial charge in [-0.2, -0.15) is 13.2 Å². The summed E-state index contributed by atoms with van der Waals surface area (Å²) in [5, 5.41) is 7.07. The summed E-state index contributed by atoms with van der Waals surface area (Å²) in [5.41, 5.74) is -0.810. The van der Waals surface area contributed by atoms with Crippen LogP contribution in [0.5, 0.6) is 5.88 Å². The van der Waals surface area contributed by atoms with Gasteiger partial charge < -0.3 is 20.3 Å². The Bertz CT molecular complexity index is 862. The zero-order valence-electron chi connectivity index (χ0n) is 16.3. The number of halogens is 4. The topological polar surface area (TPSA) is 74.7 Å². The van der Waals surface area contributed by atoms with Gasteiger partial charge >= 0.3 is 6.18 Å². The number of guanidine groups is 1. The normalized spacial score (nSPS) is 17.2. The molecule has 11 heteroatoms. The Balaban J connectivity index is 1.41. The lowest BCUT2D eigenvalue weighted by Gasteiger charge is -2.20. The summed E-state index contributed by atoms with van der Waals surface area (Å²) >= 11 is 6.22. The van der Waals surface area contributed by atoms with E-state index >= 15 is 0 Å². The zero-order chi connectivity index (χ0) is 21.6. The van der Waals surface area contributed by atoms with Crippen LogP contribution >= 0.6 is 11.6 Å². The van der Waals surface area contributed by atoms with E-state index in [4.69, 9.17) is 16.3 Å². The molecule has 0 aromatic carbocycles. The van der Waals surface area contributed by atoms with Crippen molar-refractivity contribution in [2.45, 2.75) is 18.6 Å². The Hall–Kier alpha value is -2.75. The number of pyridine rings is 2. The minimum atomic E-state index is -4.41. The number of hydrogen-bond donors (Lipinski definition) is 2. The molecule has 1 aliphatic heterocycles. The van der Waals surface area contributed by atoms with Crippen molar-refractivity contribution in [3.8, 4) is 5.88 Å². The highest BCUT2D eigenvalue weighted by atomic mass is 35.5. The van der Waals surface area contributed by atoms with E-state index < -0.39 is 11.7 Å². The lowest BCUT2D eigenvalue weighted by atomic mass is 10.3. The average Bonchev–Trinajstić information content (AvgIpc) is 3.18. The lowest BCUT2D eigenvalue weighted by Crippen LogP contribution is -2.45. The largest absolute Gasteiger partial charge is 0.476 e. The van der Waals surface area contributed by atoms with Gasteiger partial charge in [-0.15, -0.1) is 0 Å². The van der Waals surface area contributed by atoms with E-state index in [-0.39, 0.29) is 18.5 Å². The van der Waals surface area contributed by atoms with Crippen molar-refractivity contribution >= 4 is 23.4 Å². The highest BCUT2D eigenvalue weighted by Gasteiger charge is 2.30. The van der Waals surface area contributed by atoms with Gasteiger partial charge in [-0.25, -0.2) is 9.97 Å². The SMILES string of the molecule is CN=C(NCCOc1ccc(C(F)(F)F)cn1)NC1CCN(c2ncccc2Cl)C1. The van der Waals surface area contributed by atoms with E-state index in [9.17, 15) is 13.2 Å². The van der Waals surface area contributed by atoms with Crippen LogP contribution in [0.4, 0.5) is 19.0 Å². The van der Waals surface area contributed by atoms with Crippen LogP contribution in [0.2, 0.25) is 5.02 Å². The van der Waals surface area contributed by atoms with Crippen molar-refractivity contribution in [1.29, 1.82) is 0 Å². The van der Waals surface area contributed by atoms with Crippen LogP contribution in [0.3, 0.4) is 0 Å². The van der Waals surface area contributed by atoms with Crippen molar-refractivity contribution in [1.82, 2.24) is 20.6 Å². The molecule has 2 aromatic heterocycles. The molecule has 162 valence electrons. The van der Waals surface area contributed by atoms with Gasteiger partial charge in [0.25, 0.3) is 0 Å². The van der Waals surface area contributed by atoms with E-state index in [1.54, 1.807) is 19.3 Å². The summed E-state index contributed by atoms with van der Waals surface area (Å²) in [4.78, 5) is 14.3. The summed E-state index contributed by atoms with van der Waals surface area (Å²) in [6.07, 6.45) is -1.04. The van der Waals surface area contributed by atoms with Crippen LogP contribution in [0.15, 0.2) is 41.7 Å². The number of hydrogen-bond acceptors (Lipinski definition) is 5. The summed E-state index contributed by atoms with van der Waals surface area (Å²) < 4.78 is 43.0. The standard InChI is InChI=1S/C19H22ClF3N6O/c1-24-18(26-8-10-30-16-5-4-13(11-27-16)19(21,22)23)28-14-6-9-29(12-14)17-15(20)3-2-7-25-17/h2-5,7,11,14H,6,8-10,12H2,1H3,(H2,24,26,28). The Morgan fingerprint density at radius 1 is 1.33 bits per heavy atom. The number of aromatic nitrogens is 2. The third kappa shape index (κ3) is 5.88. The molecule has 0 amide bonds. The van der Waals surface area contributed by atoms with Crippen molar-refractivity contribution in [3.63, 3.8) is 0 Å². The maximum Gasteiger partial charge on any atom is 0.417 e. The molecular formula is C19H22ClF3N6O. The number of anilines is 1. The quantitative estimate of drug-likeness (QED) is 0.407. The molecule has 2 aromatic rings. The van der Waals surface area contributed by atoms with Gasteiger partial charge in [-0.05, 0) is 24.6 Å². The van der Waals surface area contributed by atoms with Crippen molar-refractivity contribution < 1.29 is 17.9 Å². The van der Waals surface area contributed by atoms with Crippen molar-refractivity contribution in [2.75, 3.05) is 38.2 Å². The molecule has 30 heavy (non-hydrogen) atoms. The van der Waals surface area contributed by atoms with Crippen LogP contribution in [0.25, 0.3) is 0 Å². The number of rotatable bonds is 6. The van der Waals surface area contributed by atoms with Gasteiger partial charge in [-0.1, -0.05) is 11.6 Å². The first-order chi connectivity index (χ1) is 14.4. The minimum Gasteiger partial charge on any atom is -0.476 e. The Kier molecular flexibility index (Phi) is 7.20. The van der Waals surface area contributed by atoms with Crippen LogP contribution in [0.1, 0.15) is 12.0 Å². The summed E-state index contributed by atoms with van der Waals surface area (Å²) in [6.45, 7) is 2.20. The molecule has 3 rings (SSSR count). The molecule has 0 bridgehead atoms. The molecule has 3 heterocycles. The molecule has 7 nitrogen and oxygen atoms in total. The summed E-state index contributed by atoms with van der Waals surface area (Å²) in [6, 6.07) is 5.93. The van der Waals surface area contributed by atoms with E-state index in [2.05, 4.69) is 30.5 Å². The predicted octanol–water partition coefficient (Wildman–Crippen LogP) is 2.97. The fourth-order valence-electron chi connectivity index (χ4n) is 3.03. The maximum atomic E-state index is 12.5. The molecular weight excluding hydrogens is 421 g/mol. The van der Waals surface area contributed by atoms with Gasteiger partial charge in [-0.3, -0.25) is 4.99 Å². The second-order valence-corrected chi connectivity index (χ2v) is 7.02. The fraction of sp³-hybridized carbons (Fsp3) is 0.421. The van der Waals surface area contributed by atoms with Crippen molar-refractivity contribution in [2.24, 2.45) is 4.99 Å². The van der Waals surface area contributed by atoms with Crippen LogP contribution in [0, 0.1) is 0 Å². The van der Waals surface area contributed by atoms with Crippen molar-refractivity contribution in [3.05, 3.63) is 47.2 Å². The number of aliphatic imine (C=N–C) groups is 1. The number of ether oxygens (including phenoxy) is 1. The van der Waals surface area contributed by atoms with E-state index in [0.29, 0.717) is 17.5 Å². The third-order valence-corrected chi connectivity index (χ3v) is 4.79. The summed E-state index contributed by atoms with van der Waals surface area (Å²) in [5.74, 6) is 1.51.